The molecule has 0 aromatic heterocycles. The average molecular weight is 368 g/mol. The Kier molecular flexibility index (Phi) is 6.03. The second-order valence-corrected chi connectivity index (χ2v) is 7.10. The molecule has 0 heterocycles. The maximum absolute atomic E-state index is 13.1. The molecule has 0 aliphatic rings. The zero-order valence-electron chi connectivity index (χ0n) is 16.2. The van der Waals surface area contributed by atoms with Crippen molar-refractivity contribution in [2.75, 3.05) is 14.1 Å². The minimum absolute atomic E-state index is 0.0341. The Labute approximate surface area is 166 Å². The van der Waals surface area contributed by atoms with Crippen LogP contribution in [-0.4, -0.2) is 24.8 Å². The second-order valence-electron chi connectivity index (χ2n) is 7.10. The van der Waals surface area contributed by atoms with E-state index in [0.717, 1.165) is 11.1 Å². The van der Waals surface area contributed by atoms with Crippen molar-refractivity contribution in [2.24, 2.45) is 0 Å². The molecule has 28 heavy (non-hydrogen) atoms. The molecule has 0 radical (unpaired) electrons. The molecule has 3 rings (SSSR count). The maximum Gasteiger partial charge on any atom is 0.163 e. The van der Waals surface area contributed by atoms with Gasteiger partial charge in [0.1, 0.15) is 5.54 Å². The lowest BCUT2D eigenvalue weighted by Crippen LogP contribution is -2.46. The van der Waals surface area contributed by atoms with Crippen LogP contribution in [0.4, 0.5) is 0 Å². The van der Waals surface area contributed by atoms with Gasteiger partial charge in [-0.05, 0) is 25.2 Å². The molecule has 2 atom stereocenters. The number of benzene rings is 3. The van der Waals surface area contributed by atoms with Crippen LogP contribution in [0.15, 0.2) is 91.0 Å². The lowest BCUT2D eigenvalue weighted by atomic mass is 9.71. The van der Waals surface area contributed by atoms with Gasteiger partial charge >= 0.3 is 0 Å². The fourth-order valence-electron chi connectivity index (χ4n) is 3.83. The predicted molar refractivity (Wildman–Crippen MR) is 112 cm³/mol. The molecule has 0 bridgehead atoms. The largest absolute Gasteiger partial charge is 0.294 e. The van der Waals surface area contributed by atoms with Crippen molar-refractivity contribution >= 4 is 5.78 Å². The van der Waals surface area contributed by atoms with E-state index in [2.05, 4.69) is 6.07 Å². The van der Waals surface area contributed by atoms with Crippen LogP contribution in [0.2, 0.25) is 0 Å². The van der Waals surface area contributed by atoms with Gasteiger partial charge in [0.2, 0.25) is 0 Å². The van der Waals surface area contributed by atoms with Gasteiger partial charge in [0.25, 0.3) is 0 Å². The number of Topliss-reactive ketones (excluding diaryl/α,β-unsaturated/α-hetero) is 1. The fraction of sp³-hybridized carbons (Fsp3) is 0.200. The van der Waals surface area contributed by atoms with E-state index in [0.29, 0.717) is 5.56 Å². The highest BCUT2D eigenvalue weighted by molar-refractivity contribution is 5.96. The molecule has 3 nitrogen and oxygen atoms in total. The first-order valence-corrected chi connectivity index (χ1v) is 9.37. The third-order valence-corrected chi connectivity index (χ3v) is 5.28. The van der Waals surface area contributed by atoms with Gasteiger partial charge in [0, 0.05) is 17.9 Å². The topological polar surface area (TPSA) is 44.1 Å². The Morgan fingerprint density at radius 2 is 1.39 bits per heavy atom. The van der Waals surface area contributed by atoms with Crippen LogP contribution in [0.25, 0.3) is 0 Å². The molecule has 140 valence electrons. The minimum Gasteiger partial charge on any atom is -0.294 e. The highest BCUT2D eigenvalue weighted by Gasteiger charge is 2.44. The zero-order valence-corrected chi connectivity index (χ0v) is 16.2. The molecule has 0 spiro atoms. The number of carbonyl (C=O) groups excluding carboxylic acids is 1. The second kappa shape index (κ2) is 8.65. The van der Waals surface area contributed by atoms with Crippen molar-refractivity contribution < 1.29 is 4.79 Å². The van der Waals surface area contributed by atoms with Gasteiger partial charge in [-0.3, -0.25) is 9.69 Å². The summed E-state index contributed by atoms with van der Waals surface area (Å²) < 4.78 is 0. The Balaban J connectivity index is 2.14. The van der Waals surface area contributed by atoms with Crippen molar-refractivity contribution in [1.29, 1.82) is 5.26 Å². The van der Waals surface area contributed by atoms with Crippen molar-refractivity contribution in [1.82, 2.24) is 4.90 Å². The van der Waals surface area contributed by atoms with Crippen LogP contribution in [0.1, 0.15) is 33.8 Å². The van der Waals surface area contributed by atoms with Gasteiger partial charge < -0.3 is 0 Å². The Morgan fingerprint density at radius 1 is 0.893 bits per heavy atom. The molecule has 0 saturated heterocycles. The van der Waals surface area contributed by atoms with E-state index >= 15 is 0 Å². The van der Waals surface area contributed by atoms with E-state index < -0.39 is 5.54 Å². The van der Waals surface area contributed by atoms with Crippen molar-refractivity contribution in [3.63, 3.8) is 0 Å². The summed E-state index contributed by atoms with van der Waals surface area (Å²) in [4.78, 5) is 15.0. The summed E-state index contributed by atoms with van der Waals surface area (Å²) in [6, 6.07) is 31.5. The molecule has 0 saturated carbocycles. The minimum atomic E-state index is -0.965. The number of likely N-dealkylation sites (N-methyl/N-ethyl adjacent to an activating group) is 1. The molecule has 0 unspecified atom stereocenters. The molecule has 3 aromatic rings. The van der Waals surface area contributed by atoms with Gasteiger partial charge in [-0.1, -0.05) is 91.0 Å². The van der Waals surface area contributed by atoms with Crippen LogP contribution in [0.3, 0.4) is 0 Å². The van der Waals surface area contributed by atoms with Gasteiger partial charge in [-0.15, -0.1) is 0 Å². The van der Waals surface area contributed by atoms with Gasteiger partial charge in [0.05, 0.1) is 6.07 Å². The van der Waals surface area contributed by atoms with E-state index in [1.54, 1.807) is 0 Å². The van der Waals surface area contributed by atoms with Crippen molar-refractivity contribution in [2.45, 2.75) is 17.9 Å². The molecular weight excluding hydrogens is 344 g/mol. The number of nitriles is 1. The van der Waals surface area contributed by atoms with Crippen molar-refractivity contribution in [3.05, 3.63) is 108 Å². The first-order chi connectivity index (χ1) is 13.6. The number of carbonyl (C=O) groups is 1. The Hall–Kier alpha value is -3.22. The SMILES string of the molecule is CN(C)[C@@](C#N)(c1ccccc1)[C@@H](CC(=O)c1ccccc1)c1ccccc1. The summed E-state index contributed by atoms with van der Waals surface area (Å²) in [7, 11) is 3.80. The van der Waals surface area contributed by atoms with Crippen LogP contribution >= 0.6 is 0 Å². The maximum atomic E-state index is 13.1. The lowest BCUT2D eigenvalue weighted by molar-refractivity contribution is 0.0926. The standard InChI is InChI=1S/C25H24N2O/c1-27(2)25(19-26,22-16-10-5-11-17-22)23(20-12-6-3-7-13-20)18-24(28)21-14-8-4-9-15-21/h3-17,23H,18H2,1-2H3/t23-,25-/m0/s1. The first-order valence-electron chi connectivity index (χ1n) is 9.37. The molecular formula is C25H24N2O. The van der Waals surface area contributed by atoms with Crippen LogP contribution in [0, 0.1) is 11.3 Å². The lowest BCUT2D eigenvalue weighted by Gasteiger charge is -2.41. The van der Waals surface area contributed by atoms with Crippen LogP contribution in [-0.2, 0) is 5.54 Å². The molecule has 3 aromatic carbocycles. The first kappa shape index (κ1) is 19.5. The van der Waals surface area contributed by atoms with Crippen molar-refractivity contribution in [3.8, 4) is 6.07 Å². The summed E-state index contributed by atoms with van der Waals surface area (Å²) in [5.74, 6) is -0.282. The predicted octanol–water partition coefficient (Wildman–Crippen LogP) is 5.02. The van der Waals surface area contributed by atoms with E-state index in [9.17, 15) is 10.1 Å². The number of rotatable bonds is 7. The van der Waals surface area contributed by atoms with E-state index in [1.165, 1.54) is 0 Å². The quantitative estimate of drug-likeness (QED) is 0.550. The summed E-state index contributed by atoms with van der Waals surface area (Å²) in [5.41, 5.74) is 1.57. The Morgan fingerprint density at radius 3 is 1.89 bits per heavy atom. The Bertz CT molecular complexity index is 946. The van der Waals surface area contributed by atoms with Gasteiger partial charge in [-0.25, -0.2) is 0 Å². The highest BCUT2D eigenvalue weighted by Crippen LogP contribution is 2.43. The zero-order chi connectivity index (χ0) is 20.0. The van der Waals surface area contributed by atoms with E-state index in [4.69, 9.17) is 0 Å². The summed E-state index contributed by atoms with van der Waals surface area (Å²) >= 11 is 0. The van der Waals surface area contributed by atoms with Crippen LogP contribution < -0.4 is 0 Å². The molecule has 0 N–H and O–H groups in total. The summed E-state index contributed by atoms with van der Waals surface area (Å²) in [6.07, 6.45) is 0.245. The average Bonchev–Trinajstić information content (AvgIpc) is 2.75. The van der Waals surface area contributed by atoms with Gasteiger partial charge in [-0.2, -0.15) is 5.26 Å². The molecule has 0 fully saturated rings. The summed E-state index contributed by atoms with van der Waals surface area (Å²) in [5, 5.41) is 10.4. The monoisotopic (exact) mass is 368 g/mol. The summed E-state index contributed by atoms with van der Waals surface area (Å²) in [6.45, 7) is 0. The molecule has 0 amide bonds. The number of nitrogens with zero attached hydrogens (tertiary/aromatic N) is 2. The smallest absolute Gasteiger partial charge is 0.163 e. The van der Waals surface area contributed by atoms with Gasteiger partial charge in [0.15, 0.2) is 5.78 Å². The van der Waals surface area contributed by atoms with E-state index in [1.807, 2.05) is 110 Å². The molecule has 0 aliphatic heterocycles. The molecule has 0 aliphatic carbocycles. The third-order valence-electron chi connectivity index (χ3n) is 5.28. The number of ketones is 1. The molecule has 3 heteroatoms. The third kappa shape index (κ3) is 3.74. The fourth-order valence-corrected chi connectivity index (χ4v) is 3.83. The van der Waals surface area contributed by atoms with Crippen LogP contribution in [0.5, 0.6) is 0 Å². The highest BCUT2D eigenvalue weighted by atomic mass is 16.1. The normalized spacial score (nSPS) is 14.1. The van der Waals surface area contributed by atoms with E-state index in [-0.39, 0.29) is 18.1 Å². The number of hydrogen-bond acceptors (Lipinski definition) is 3. The number of hydrogen-bond donors (Lipinski definition) is 0.